The average Bonchev–Trinajstić information content (AvgIpc) is 3.31. The van der Waals surface area contributed by atoms with E-state index in [1.807, 2.05) is 0 Å². The van der Waals surface area contributed by atoms with Gasteiger partial charge in [-0.05, 0) is 30.2 Å². The van der Waals surface area contributed by atoms with Crippen LogP contribution in [0, 0.1) is 17.5 Å². The van der Waals surface area contributed by atoms with Crippen LogP contribution < -0.4 is 5.32 Å². The molecule has 128 valence electrons. The first kappa shape index (κ1) is 15.6. The number of aromatic nitrogens is 1. The van der Waals surface area contributed by atoms with E-state index in [1.165, 1.54) is 17.2 Å². The van der Waals surface area contributed by atoms with Gasteiger partial charge in [0.2, 0.25) is 5.91 Å². The van der Waals surface area contributed by atoms with Gasteiger partial charge in [0, 0.05) is 23.7 Å². The minimum atomic E-state index is -1.54. The molecule has 1 saturated heterocycles. The van der Waals surface area contributed by atoms with Crippen molar-refractivity contribution in [1.29, 1.82) is 0 Å². The van der Waals surface area contributed by atoms with Crippen LogP contribution in [-0.4, -0.2) is 34.4 Å². The number of amides is 3. The molecule has 0 bridgehead atoms. The van der Waals surface area contributed by atoms with Crippen molar-refractivity contribution in [2.24, 2.45) is 0 Å². The summed E-state index contributed by atoms with van der Waals surface area (Å²) in [6.45, 7) is 0.00858. The van der Waals surface area contributed by atoms with Gasteiger partial charge in [-0.15, -0.1) is 0 Å². The molecule has 2 heterocycles. The fraction of sp³-hybridized carbons (Fsp3) is 0.235. The Morgan fingerprint density at radius 3 is 2.52 bits per heavy atom. The summed E-state index contributed by atoms with van der Waals surface area (Å²) in [5.41, 5.74) is 0.837. The second kappa shape index (κ2) is 5.58. The zero-order chi connectivity index (χ0) is 17.7. The molecule has 0 radical (unpaired) electrons. The number of hydrogen-bond acceptors (Lipinski definition) is 3. The molecule has 1 N–H and O–H groups in total. The van der Waals surface area contributed by atoms with Crippen molar-refractivity contribution in [3.8, 4) is 11.3 Å². The smallest absolute Gasteiger partial charge is 0.324 e. The van der Waals surface area contributed by atoms with E-state index in [2.05, 4.69) is 10.3 Å². The van der Waals surface area contributed by atoms with Crippen molar-refractivity contribution in [2.75, 3.05) is 6.54 Å². The predicted molar refractivity (Wildman–Crippen MR) is 80.9 cm³/mol. The van der Waals surface area contributed by atoms with Crippen LogP contribution in [0.4, 0.5) is 18.0 Å². The molecule has 0 spiro atoms. The van der Waals surface area contributed by atoms with Gasteiger partial charge in [-0.3, -0.25) is 14.7 Å². The van der Waals surface area contributed by atoms with Crippen LogP contribution in [0.25, 0.3) is 11.3 Å². The predicted octanol–water partition coefficient (Wildman–Crippen LogP) is 2.57. The Bertz CT molecular complexity index is 869. The highest BCUT2D eigenvalue weighted by Crippen LogP contribution is 2.45. The quantitative estimate of drug-likeness (QED) is 0.686. The molecule has 3 amide bonds. The number of pyridine rings is 1. The van der Waals surface area contributed by atoms with Gasteiger partial charge in [0.05, 0.1) is 12.2 Å². The van der Waals surface area contributed by atoms with Crippen LogP contribution in [0.1, 0.15) is 17.9 Å². The number of imide groups is 1. The summed E-state index contributed by atoms with van der Waals surface area (Å²) in [7, 11) is 0. The summed E-state index contributed by atoms with van der Waals surface area (Å²) in [5, 5.41) is 2.47. The molecule has 1 saturated carbocycles. The summed E-state index contributed by atoms with van der Waals surface area (Å²) in [6.07, 6.45) is 2.14. The topological polar surface area (TPSA) is 62.3 Å². The maximum atomic E-state index is 13.8. The number of hydrogen-bond donors (Lipinski definition) is 1. The number of carbonyl (C=O) groups is 2. The van der Waals surface area contributed by atoms with E-state index in [9.17, 15) is 22.8 Å². The number of nitrogens with zero attached hydrogens (tertiary/aromatic N) is 2. The molecule has 2 aliphatic rings. The van der Waals surface area contributed by atoms with Crippen LogP contribution in [0.2, 0.25) is 0 Å². The summed E-state index contributed by atoms with van der Waals surface area (Å²) >= 11 is 0. The van der Waals surface area contributed by atoms with Gasteiger partial charge in [0.15, 0.2) is 17.5 Å². The van der Waals surface area contributed by atoms with E-state index in [-0.39, 0.29) is 35.7 Å². The minimum absolute atomic E-state index is 0.00858. The molecular weight excluding hydrogens is 335 g/mol. The van der Waals surface area contributed by atoms with Crippen molar-refractivity contribution in [2.45, 2.75) is 18.4 Å². The lowest BCUT2D eigenvalue weighted by molar-refractivity contribution is -0.125. The van der Waals surface area contributed by atoms with Gasteiger partial charge in [-0.2, -0.15) is 0 Å². The summed E-state index contributed by atoms with van der Waals surface area (Å²) < 4.78 is 40.2. The molecule has 5 nitrogen and oxygen atoms in total. The van der Waals surface area contributed by atoms with E-state index in [0.29, 0.717) is 6.42 Å². The van der Waals surface area contributed by atoms with E-state index in [1.54, 1.807) is 6.07 Å². The van der Waals surface area contributed by atoms with Crippen LogP contribution in [-0.2, 0) is 4.79 Å². The number of urea groups is 1. The van der Waals surface area contributed by atoms with Crippen LogP contribution in [0.15, 0.2) is 30.5 Å². The molecule has 2 fully saturated rings. The Hall–Kier alpha value is -2.90. The lowest BCUT2D eigenvalue weighted by Gasteiger charge is -2.12. The van der Waals surface area contributed by atoms with E-state index in [0.717, 1.165) is 17.7 Å². The van der Waals surface area contributed by atoms with Crippen molar-refractivity contribution in [1.82, 2.24) is 15.2 Å². The highest BCUT2D eigenvalue weighted by atomic mass is 19.2. The molecule has 4 rings (SSSR count). The zero-order valence-electron chi connectivity index (χ0n) is 12.8. The van der Waals surface area contributed by atoms with Gasteiger partial charge in [0.1, 0.15) is 0 Å². The van der Waals surface area contributed by atoms with Crippen LogP contribution >= 0.6 is 0 Å². The Morgan fingerprint density at radius 2 is 1.88 bits per heavy atom. The molecule has 2 atom stereocenters. The van der Waals surface area contributed by atoms with E-state index < -0.39 is 23.5 Å². The average molecular weight is 347 g/mol. The molecular formula is C17H12F3N3O2. The van der Waals surface area contributed by atoms with Gasteiger partial charge in [0.25, 0.3) is 0 Å². The summed E-state index contributed by atoms with van der Waals surface area (Å²) in [5.74, 6) is -4.37. The number of benzene rings is 1. The lowest BCUT2D eigenvalue weighted by Crippen LogP contribution is -2.33. The Morgan fingerprint density at radius 1 is 1.08 bits per heavy atom. The van der Waals surface area contributed by atoms with Crippen LogP contribution in [0.5, 0.6) is 0 Å². The van der Waals surface area contributed by atoms with Crippen molar-refractivity contribution in [3.63, 3.8) is 0 Å². The largest absolute Gasteiger partial charge is 0.329 e. The third-order valence-corrected chi connectivity index (χ3v) is 4.49. The normalized spacial score (nSPS) is 22.3. The first-order valence-electron chi connectivity index (χ1n) is 7.67. The first-order chi connectivity index (χ1) is 12.0. The second-order valence-corrected chi connectivity index (χ2v) is 6.03. The number of halogens is 3. The van der Waals surface area contributed by atoms with E-state index in [4.69, 9.17) is 0 Å². The lowest BCUT2D eigenvalue weighted by atomic mass is 10.1. The van der Waals surface area contributed by atoms with Gasteiger partial charge >= 0.3 is 6.03 Å². The molecule has 8 heteroatoms. The maximum absolute atomic E-state index is 13.8. The molecule has 1 aromatic heterocycles. The molecule has 25 heavy (non-hydrogen) atoms. The Kier molecular flexibility index (Phi) is 3.48. The fourth-order valence-electron chi connectivity index (χ4n) is 3.10. The molecule has 1 aliphatic carbocycles. The molecule has 2 aromatic rings. The molecule has 1 aliphatic heterocycles. The van der Waals surface area contributed by atoms with Gasteiger partial charge in [-0.1, -0.05) is 6.07 Å². The maximum Gasteiger partial charge on any atom is 0.324 e. The monoisotopic (exact) mass is 347 g/mol. The van der Waals surface area contributed by atoms with E-state index >= 15 is 0 Å². The minimum Gasteiger partial charge on any atom is -0.329 e. The molecule has 2 unspecified atom stereocenters. The summed E-state index contributed by atoms with van der Waals surface area (Å²) in [4.78, 5) is 28.7. The van der Waals surface area contributed by atoms with Crippen molar-refractivity contribution < 1.29 is 22.8 Å². The summed E-state index contributed by atoms with van der Waals surface area (Å²) in [6, 6.07) is 4.56. The van der Waals surface area contributed by atoms with Crippen molar-refractivity contribution >= 4 is 11.9 Å². The molecule has 1 aromatic carbocycles. The van der Waals surface area contributed by atoms with Gasteiger partial charge < -0.3 is 5.32 Å². The number of carbonyl (C=O) groups excluding carboxylic acids is 2. The fourth-order valence-corrected chi connectivity index (χ4v) is 3.10. The SMILES string of the molecule is O=C1CNC(=O)N1C1CC1c1ccc(-c2ccc(F)c(F)c2F)nc1. The second-order valence-electron chi connectivity index (χ2n) is 6.03. The first-order valence-corrected chi connectivity index (χ1v) is 7.67. The number of nitrogens with one attached hydrogen (secondary N) is 1. The zero-order valence-corrected chi connectivity index (χ0v) is 12.8. The third kappa shape index (κ3) is 2.54. The standard InChI is InChI=1S/C17H12F3N3O2/c18-11-3-2-9(15(19)16(11)20)12-4-1-8(6-21-12)10-5-13(10)23-14(24)7-22-17(23)25/h1-4,6,10,13H,5,7H2,(H,22,25). The van der Waals surface area contributed by atoms with Gasteiger partial charge in [-0.25, -0.2) is 18.0 Å². The third-order valence-electron chi connectivity index (χ3n) is 4.49. The van der Waals surface area contributed by atoms with Crippen LogP contribution in [0.3, 0.4) is 0 Å². The van der Waals surface area contributed by atoms with Crippen molar-refractivity contribution in [3.05, 3.63) is 53.5 Å². The Balaban J connectivity index is 1.55. The highest BCUT2D eigenvalue weighted by molar-refractivity contribution is 6.02. The number of rotatable bonds is 3. The highest BCUT2D eigenvalue weighted by Gasteiger charge is 2.49. The Labute approximate surface area is 140 Å².